The molecule has 1 aromatic carbocycles. The zero-order valence-electron chi connectivity index (χ0n) is 10.8. The van der Waals surface area contributed by atoms with E-state index >= 15 is 0 Å². The topological polar surface area (TPSA) is 41.3 Å². The van der Waals surface area contributed by atoms with Gasteiger partial charge in [0.05, 0.1) is 15.7 Å². The van der Waals surface area contributed by atoms with Crippen LogP contribution in [0.3, 0.4) is 0 Å². The summed E-state index contributed by atoms with van der Waals surface area (Å²) in [6, 6.07) is 4.69. The largest absolute Gasteiger partial charge is 0.399 e. The van der Waals surface area contributed by atoms with E-state index in [1.807, 2.05) is 0 Å². The molecule has 2 atom stereocenters. The zero-order chi connectivity index (χ0) is 13.4. The molecule has 2 fully saturated rings. The molecule has 3 rings (SSSR count). The Bertz CT molecular complexity index is 455. The van der Waals surface area contributed by atoms with Crippen LogP contribution in [0.25, 0.3) is 0 Å². The molecule has 2 saturated heterocycles. The second kappa shape index (κ2) is 5.39. The second-order valence-electron chi connectivity index (χ2n) is 5.56. The summed E-state index contributed by atoms with van der Waals surface area (Å²) in [5.41, 5.74) is 7.16. The Morgan fingerprint density at radius 3 is 2.63 bits per heavy atom. The minimum absolute atomic E-state index is 0.456. The number of anilines is 2. The maximum atomic E-state index is 6.23. The molecule has 104 valence electrons. The maximum Gasteiger partial charge on any atom is 0.0722 e. The van der Waals surface area contributed by atoms with E-state index in [9.17, 15) is 0 Å². The van der Waals surface area contributed by atoms with Crippen LogP contribution in [-0.2, 0) is 0 Å². The molecule has 5 heteroatoms. The molecule has 2 aliphatic heterocycles. The van der Waals surface area contributed by atoms with Gasteiger partial charge in [0.15, 0.2) is 0 Å². The quantitative estimate of drug-likeness (QED) is 0.820. The van der Waals surface area contributed by atoms with Gasteiger partial charge in [-0.2, -0.15) is 0 Å². The summed E-state index contributed by atoms with van der Waals surface area (Å²) in [4.78, 5) is 2.60. The van der Waals surface area contributed by atoms with E-state index in [2.05, 4.69) is 10.2 Å². The van der Waals surface area contributed by atoms with Crippen molar-refractivity contribution >= 4 is 34.6 Å². The van der Waals surface area contributed by atoms with Crippen molar-refractivity contribution in [3.63, 3.8) is 0 Å². The van der Waals surface area contributed by atoms with Crippen LogP contribution in [0.15, 0.2) is 12.1 Å². The molecule has 2 unspecified atom stereocenters. The molecule has 3 N–H and O–H groups in total. The number of benzene rings is 1. The van der Waals surface area contributed by atoms with Crippen LogP contribution in [-0.4, -0.2) is 30.1 Å². The van der Waals surface area contributed by atoms with Gasteiger partial charge in [-0.05, 0) is 44.4 Å². The van der Waals surface area contributed by atoms with Crippen LogP contribution in [0.4, 0.5) is 11.4 Å². The number of nitrogens with two attached hydrogens (primary N) is 1. The highest BCUT2D eigenvalue weighted by molar-refractivity contribution is 6.39. The number of rotatable bonds is 2. The van der Waals surface area contributed by atoms with Crippen LogP contribution >= 0.6 is 23.2 Å². The van der Waals surface area contributed by atoms with Crippen LogP contribution in [0, 0.1) is 0 Å². The monoisotopic (exact) mass is 299 g/mol. The van der Waals surface area contributed by atoms with Crippen molar-refractivity contribution in [1.29, 1.82) is 0 Å². The highest BCUT2D eigenvalue weighted by atomic mass is 35.5. The smallest absolute Gasteiger partial charge is 0.0722 e. The van der Waals surface area contributed by atoms with Crippen molar-refractivity contribution in [2.24, 2.45) is 0 Å². The highest BCUT2D eigenvalue weighted by Gasteiger charge is 2.31. The minimum Gasteiger partial charge on any atom is -0.399 e. The number of nitrogens with zero attached hydrogens (tertiary/aromatic N) is 1. The SMILES string of the molecule is Nc1cc(Cl)c(NC2CCN3CCCC3C2)c(Cl)c1. The average Bonchev–Trinajstić information content (AvgIpc) is 2.81. The normalized spacial score (nSPS) is 27.3. The third kappa shape index (κ3) is 2.78. The highest BCUT2D eigenvalue weighted by Crippen LogP contribution is 2.35. The van der Waals surface area contributed by atoms with Gasteiger partial charge in [0.25, 0.3) is 0 Å². The van der Waals surface area contributed by atoms with Crippen molar-refractivity contribution in [2.75, 3.05) is 24.1 Å². The number of nitrogen functional groups attached to an aromatic ring is 1. The van der Waals surface area contributed by atoms with E-state index in [1.165, 1.54) is 32.4 Å². The summed E-state index contributed by atoms with van der Waals surface area (Å²) in [7, 11) is 0. The van der Waals surface area contributed by atoms with E-state index in [-0.39, 0.29) is 0 Å². The molecule has 3 nitrogen and oxygen atoms in total. The lowest BCUT2D eigenvalue weighted by atomic mass is 9.97. The first-order chi connectivity index (χ1) is 9.13. The van der Waals surface area contributed by atoms with Gasteiger partial charge in [-0.3, -0.25) is 0 Å². The van der Waals surface area contributed by atoms with E-state index in [1.54, 1.807) is 12.1 Å². The van der Waals surface area contributed by atoms with Crippen molar-refractivity contribution in [2.45, 2.75) is 37.8 Å². The third-order valence-corrected chi connectivity index (χ3v) is 4.83. The number of fused-ring (bicyclic) bond motifs is 1. The van der Waals surface area contributed by atoms with Crippen LogP contribution < -0.4 is 11.1 Å². The Labute approximate surface area is 124 Å². The van der Waals surface area contributed by atoms with Crippen molar-refractivity contribution < 1.29 is 0 Å². The maximum absolute atomic E-state index is 6.23. The molecule has 2 aliphatic rings. The Morgan fingerprint density at radius 2 is 1.89 bits per heavy atom. The summed E-state index contributed by atoms with van der Waals surface area (Å²) in [5, 5.41) is 4.73. The Balaban J connectivity index is 1.72. The van der Waals surface area contributed by atoms with Crippen molar-refractivity contribution in [1.82, 2.24) is 4.90 Å². The van der Waals surface area contributed by atoms with E-state index < -0.39 is 0 Å². The summed E-state index contributed by atoms with van der Waals surface area (Å²) in [6.07, 6.45) is 4.98. The van der Waals surface area contributed by atoms with E-state index in [0.717, 1.165) is 18.2 Å². The first kappa shape index (κ1) is 13.3. The molecule has 0 aromatic heterocycles. The lowest BCUT2D eigenvalue weighted by molar-refractivity contribution is 0.188. The van der Waals surface area contributed by atoms with Crippen LogP contribution in [0.2, 0.25) is 10.0 Å². The van der Waals surface area contributed by atoms with Crippen molar-refractivity contribution in [3.8, 4) is 0 Å². The van der Waals surface area contributed by atoms with Gasteiger partial charge < -0.3 is 16.0 Å². The van der Waals surface area contributed by atoms with Gasteiger partial charge in [-0.25, -0.2) is 0 Å². The predicted molar refractivity (Wildman–Crippen MR) is 82.1 cm³/mol. The summed E-state index contributed by atoms with van der Waals surface area (Å²) in [6.45, 7) is 2.44. The molecule has 0 saturated carbocycles. The number of halogens is 2. The van der Waals surface area contributed by atoms with Crippen LogP contribution in [0.5, 0.6) is 0 Å². The second-order valence-corrected chi connectivity index (χ2v) is 6.37. The Morgan fingerprint density at radius 1 is 1.16 bits per heavy atom. The van der Waals surface area contributed by atoms with E-state index in [0.29, 0.717) is 21.8 Å². The first-order valence-corrected chi connectivity index (χ1v) is 7.64. The molecular weight excluding hydrogens is 281 g/mol. The number of hydrogen-bond acceptors (Lipinski definition) is 3. The number of nitrogens with one attached hydrogen (secondary N) is 1. The fourth-order valence-electron chi connectivity index (χ4n) is 3.29. The molecule has 0 bridgehead atoms. The zero-order valence-corrected chi connectivity index (χ0v) is 12.3. The third-order valence-electron chi connectivity index (χ3n) is 4.23. The molecule has 2 heterocycles. The molecule has 1 aromatic rings. The van der Waals surface area contributed by atoms with Crippen LogP contribution in [0.1, 0.15) is 25.7 Å². The Hall–Kier alpha value is -0.640. The van der Waals surface area contributed by atoms with Gasteiger partial charge in [0, 0.05) is 24.3 Å². The lowest BCUT2D eigenvalue weighted by Gasteiger charge is -2.35. The minimum atomic E-state index is 0.456. The summed E-state index contributed by atoms with van der Waals surface area (Å²) in [5.74, 6) is 0. The van der Waals surface area contributed by atoms with Crippen molar-refractivity contribution in [3.05, 3.63) is 22.2 Å². The summed E-state index contributed by atoms with van der Waals surface area (Å²) >= 11 is 12.5. The Kier molecular flexibility index (Phi) is 3.79. The summed E-state index contributed by atoms with van der Waals surface area (Å²) < 4.78 is 0. The first-order valence-electron chi connectivity index (χ1n) is 6.88. The number of hydrogen-bond donors (Lipinski definition) is 2. The predicted octanol–water partition coefficient (Wildman–Crippen LogP) is 3.61. The van der Waals surface area contributed by atoms with E-state index in [4.69, 9.17) is 28.9 Å². The molecule has 0 radical (unpaired) electrons. The van der Waals surface area contributed by atoms with Gasteiger partial charge in [-0.15, -0.1) is 0 Å². The number of piperidine rings is 1. The van der Waals surface area contributed by atoms with Gasteiger partial charge in [0.1, 0.15) is 0 Å². The average molecular weight is 300 g/mol. The standard InChI is InChI=1S/C14H19Cl2N3/c15-12-6-9(17)7-13(16)14(12)18-10-3-5-19-4-1-2-11(19)8-10/h6-7,10-11,18H,1-5,8,17H2. The molecule has 0 spiro atoms. The molecule has 0 amide bonds. The van der Waals surface area contributed by atoms with Gasteiger partial charge in [-0.1, -0.05) is 23.2 Å². The fourth-order valence-corrected chi connectivity index (χ4v) is 3.90. The molecule has 19 heavy (non-hydrogen) atoms. The lowest BCUT2D eigenvalue weighted by Crippen LogP contribution is -2.42. The molecule has 0 aliphatic carbocycles. The van der Waals surface area contributed by atoms with Gasteiger partial charge in [0.2, 0.25) is 0 Å². The molecular formula is C14H19Cl2N3. The van der Waals surface area contributed by atoms with Gasteiger partial charge >= 0.3 is 0 Å². The fraction of sp³-hybridized carbons (Fsp3) is 0.571.